The first kappa shape index (κ1) is 17.4. The SMILES string of the molecule is COC(=O)c1cccc(COC(=O)c2cc([N+](=O)[O-])ccc2Cl)c1. The van der Waals surface area contributed by atoms with E-state index >= 15 is 0 Å². The van der Waals surface area contributed by atoms with Gasteiger partial charge in [0.1, 0.15) is 6.61 Å². The fourth-order valence-corrected chi connectivity index (χ4v) is 2.11. The van der Waals surface area contributed by atoms with Crippen molar-refractivity contribution in [2.24, 2.45) is 0 Å². The van der Waals surface area contributed by atoms with Crippen LogP contribution in [0.2, 0.25) is 5.02 Å². The summed E-state index contributed by atoms with van der Waals surface area (Å²) >= 11 is 5.88. The minimum Gasteiger partial charge on any atom is -0.465 e. The number of carbonyl (C=O) groups is 2. The molecule has 0 atom stereocenters. The molecule has 0 N–H and O–H groups in total. The fourth-order valence-electron chi connectivity index (χ4n) is 1.92. The van der Waals surface area contributed by atoms with Gasteiger partial charge in [-0.15, -0.1) is 0 Å². The van der Waals surface area contributed by atoms with Gasteiger partial charge >= 0.3 is 11.9 Å². The summed E-state index contributed by atoms with van der Waals surface area (Å²) in [6.07, 6.45) is 0. The number of carbonyl (C=O) groups excluding carboxylic acids is 2. The van der Waals surface area contributed by atoms with Gasteiger partial charge < -0.3 is 9.47 Å². The Morgan fingerprint density at radius 3 is 2.58 bits per heavy atom. The van der Waals surface area contributed by atoms with Gasteiger partial charge in [0.25, 0.3) is 5.69 Å². The van der Waals surface area contributed by atoms with Crippen molar-refractivity contribution in [2.45, 2.75) is 6.61 Å². The number of nitrogens with zero attached hydrogens (tertiary/aromatic N) is 1. The third-order valence-electron chi connectivity index (χ3n) is 3.10. The quantitative estimate of drug-likeness (QED) is 0.466. The van der Waals surface area contributed by atoms with E-state index in [1.807, 2.05) is 0 Å². The van der Waals surface area contributed by atoms with Crippen LogP contribution in [0.3, 0.4) is 0 Å². The van der Waals surface area contributed by atoms with E-state index in [0.717, 1.165) is 6.07 Å². The number of esters is 2. The number of hydrogen-bond acceptors (Lipinski definition) is 6. The normalized spacial score (nSPS) is 10.1. The van der Waals surface area contributed by atoms with E-state index in [0.29, 0.717) is 11.1 Å². The number of hydrogen-bond donors (Lipinski definition) is 0. The average Bonchev–Trinajstić information content (AvgIpc) is 2.59. The molecule has 8 heteroatoms. The average molecular weight is 350 g/mol. The van der Waals surface area contributed by atoms with Crippen molar-refractivity contribution >= 4 is 29.2 Å². The summed E-state index contributed by atoms with van der Waals surface area (Å²) in [7, 11) is 1.26. The van der Waals surface area contributed by atoms with Gasteiger partial charge in [0, 0.05) is 12.1 Å². The smallest absolute Gasteiger partial charge is 0.340 e. The Labute approximate surface area is 141 Å². The van der Waals surface area contributed by atoms with Crippen LogP contribution in [0.1, 0.15) is 26.3 Å². The fraction of sp³-hybridized carbons (Fsp3) is 0.125. The summed E-state index contributed by atoms with van der Waals surface area (Å²) in [5, 5.41) is 10.8. The van der Waals surface area contributed by atoms with Crippen LogP contribution in [0.15, 0.2) is 42.5 Å². The standard InChI is InChI=1S/C16H12ClNO6/c1-23-15(19)11-4-2-3-10(7-11)9-24-16(20)13-8-12(18(21)22)5-6-14(13)17/h2-8H,9H2,1H3. The number of nitro benzene ring substituents is 1. The zero-order valence-corrected chi connectivity index (χ0v) is 13.3. The van der Waals surface area contributed by atoms with Gasteiger partial charge in [-0.2, -0.15) is 0 Å². The lowest BCUT2D eigenvalue weighted by Gasteiger charge is -2.07. The molecule has 0 spiro atoms. The second-order valence-electron chi connectivity index (χ2n) is 4.69. The predicted molar refractivity (Wildman–Crippen MR) is 85.0 cm³/mol. The lowest BCUT2D eigenvalue weighted by atomic mass is 10.1. The number of halogens is 1. The highest BCUT2D eigenvalue weighted by Crippen LogP contribution is 2.23. The minimum absolute atomic E-state index is 0.0499. The molecule has 0 saturated heterocycles. The maximum atomic E-state index is 12.1. The van der Waals surface area contributed by atoms with Crippen molar-refractivity contribution in [3.8, 4) is 0 Å². The molecule has 0 heterocycles. The Morgan fingerprint density at radius 2 is 1.92 bits per heavy atom. The maximum Gasteiger partial charge on any atom is 0.340 e. The monoisotopic (exact) mass is 349 g/mol. The van der Waals surface area contributed by atoms with E-state index in [9.17, 15) is 19.7 Å². The molecule has 0 aromatic heterocycles. The number of ether oxygens (including phenoxy) is 2. The Kier molecular flexibility index (Phi) is 5.49. The summed E-state index contributed by atoms with van der Waals surface area (Å²) in [5.74, 6) is -1.31. The van der Waals surface area contributed by atoms with Crippen LogP contribution < -0.4 is 0 Å². The van der Waals surface area contributed by atoms with Gasteiger partial charge in [-0.05, 0) is 23.8 Å². The van der Waals surface area contributed by atoms with E-state index in [-0.39, 0.29) is 22.9 Å². The van der Waals surface area contributed by atoms with Gasteiger partial charge in [-0.1, -0.05) is 23.7 Å². The summed E-state index contributed by atoms with van der Waals surface area (Å²) in [6.45, 7) is -0.122. The van der Waals surface area contributed by atoms with Gasteiger partial charge in [0.2, 0.25) is 0 Å². The maximum absolute atomic E-state index is 12.1. The summed E-state index contributed by atoms with van der Waals surface area (Å²) < 4.78 is 9.71. The molecule has 0 unspecified atom stereocenters. The Morgan fingerprint density at radius 1 is 1.17 bits per heavy atom. The molecule has 0 radical (unpaired) electrons. The van der Waals surface area contributed by atoms with Crippen LogP contribution >= 0.6 is 11.6 Å². The van der Waals surface area contributed by atoms with Crippen molar-refractivity contribution in [3.63, 3.8) is 0 Å². The van der Waals surface area contributed by atoms with E-state index < -0.39 is 16.9 Å². The van der Waals surface area contributed by atoms with E-state index in [1.54, 1.807) is 18.2 Å². The third kappa shape index (κ3) is 4.08. The van der Waals surface area contributed by atoms with Crippen molar-refractivity contribution in [2.75, 3.05) is 7.11 Å². The predicted octanol–water partition coefficient (Wildman–Crippen LogP) is 3.39. The Balaban J connectivity index is 2.12. The topological polar surface area (TPSA) is 95.7 Å². The number of methoxy groups -OCH3 is 1. The highest BCUT2D eigenvalue weighted by molar-refractivity contribution is 6.33. The van der Waals surface area contributed by atoms with Gasteiger partial charge in [-0.3, -0.25) is 10.1 Å². The molecule has 24 heavy (non-hydrogen) atoms. The lowest BCUT2D eigenvalue weighted by Crippen LogP contribution is -2.07. The molecule has 0 aliphatic rings. The van der Waals surface area contributed by atoms with Gasteiger partial charge in [0.05, 0.1) is 28.2 Å². The van der Waals surface area contributed by atoms with Crippen LogP contribution in [-0.2, 0) is 16.1 Å². The third-order valence-corrected chi connectivity index (χ3v) is 3.43. The lowest BCUT2D eigenvalue weighted by molar-refractivity contribution is -0.384. The molecule has 0 aliphatic heterocycles. The van der Waals surface area contributed by atoms with Crippen LogP contribution in [0.4, 0.5) is 5.69 Å². The van der Waals surface area contributed by atoms with Crippen LogP contribution in [0.5, 0.6) is 0 Å². The van der Waals surface area contributed by atoms with E-state index in [4.69, 9.17) is 16.3 Å². The molecule has 7 nitrogen and oxygen atoms in total. The second kappa shape index (κ2) is 7.56. The minimum atomic E-state index is -0.799. The van der Waals surface area contributed by atoms with Crippen molar-refractivity contribution in [1.29, 1.82) is 0 Å². The molecule has 2 aromatic carbocycles. The highest BCUT2D eigenvalue weighted by Gasteiger charge is 2.17. The van der Waals surface area contributed by atoms with E-state index in [2.05, 4.69) is 4.74 Å². The first-order valence-electron chi connectivity index (χ1n) is 6.70. The summed E-state index contributed by atoms with van der Waals surface area (Å²) in [5.41, 5.74) is 0.515. The van der Waals surface area contributed by atoms with Gasteiger partial charge in [0.15, 0.2) is 0 Å². The summed E-state index contributed by atoms with van der Waals surface area (Å²) in [4.78, 5) is 33.7. The number of non-ortho nitro benzene ring substituents is 1. The molecule has 0 aliphatic carbocycles. The zero-order valence-electron chi connectivity index (χ0n) is 12.5. The zero-order chi connectivity index (χ0) is 17.7. The van der Waals surface area contributed by atoms with Crippen LogP contribution in [-0.4, -0.2) is 24.0 Å². The van der Waals surface area contributed by atoms with Crippen molar-refractivity contribution in [1.82, 2.24) is 0 Å². The van der Waals surface area contributed by atoms with Crippen molar-refractivity contribution < 1.29 is 24.0 Å². The molecule has 0 amide bonds. The Hall–Kier alpha value is -2.93. The Bertz CT molecular complexity index is 805. The molecule has 0 fully saturated rings. The first-order valence-corrected chi connectivity index (χ1v) is 7.08. The number of benzene rings is 2. The highest BCUT2D eigenvalue weighted by atomic mass is 35.5. The van der Waals surface area contributed by atoms with Crippen LogP contribution in [0.25, 0.3) is 0 Å². The van der Waals surface area contributed by atoms with Crippen molar-refractivity contribution in [3.05, 3.63) is 74.3 Å². The molecular weight excluding hydrogens is 338 g/mol. The van der Waals surface area contributed by atoms with E-state index in [1.165, 1.54) is 25.3 Å². The van der Waals surface area contributed by atoms with Gasteiger partial charge in [-0.25, -0.2) is 9.59 Å². The molecule has 124 valence electrons. The molecule has 2 rings (SSSR count). The largest absolute Gasteiger partial charge is 0.465 e. The second-order valence-corrected chi connectivity index (χ2v) is 5.10. The molecule has 0 bridgehead atoms. The van der Waals surface area contributed by atoms with Crippen LogP contribution in [0, 0.1) is 10.1 Å². The number of nitro groups is 1. The molecule has 2 aromatic rings. The molecule has 0 saturated carbocycles. The number of rotatable bonds is 5. The first-order chi connectivity index (χ1) is 11.4. The summed E-state index contributed by atoms with van der Waals surface area (Å²) in [6, 6.07) is 9.87. The molecular formula is C16H12ClNO6.